The van der Waals surface area contributed by atoms with Crippen LogP contribution in [0.1, 0.15) is 30.5 Å². The van der Waals surface area contributed by atoms with Gasteiger partial charge in [0.15, 0.2) is 0 Å². The molecule has 0 spiro atoms. The van der Waals surface area contributed by atoms with Crippen molar-refractivity contribution >= 4 is 5.91 Å². The van der Waals surface area contributed by atoms with Gasteiger partial charge >= 0.3 is 6.18 Å². The minimum Gasteiger partial charge on any atom is -0.494 e. The number of rotatable bonds is 6. The van der Waals surface area contributed by atoms with Gasteiger partial charge in [0.1, 0.15) is 24.1 Å². The SMILES string of the molecule is CCOc1cc2c(cc1CNC(=O)Cn1cc(C(F)(F)F)ccc1=O)O[C@@H](C)C2. The van der Waals surface area contributed by atoms with E-state index in [2.05, 4.69) is 5.32 Å². The van der Waals surface area contributed by atoms with Crippen molar-refractivity contribution in [1.29, 1.82) is 0 Å². The molecule has 0 saturated carbocycles. The Balaban J connectivity index is 1.72. The summed E-state index contributed by atoms with van der Waals surface area (Å²) >= 11 is 0. The first-order chi connectivity index (χ1) is 13.7. The van der Waals surface area contributed by atoms with E-state index in [1.54, 1.807) is 6.07 Å². The van der Waals surface area contributed by atoms with E-state index in [1.807, 2.05) is 19.9 Å². The molecule has 1 N–H and O–H groups in total. The molecule has 0 unspecified atom stereocenters. The minimum atomic E-state index is -4.60. The Morgan fingerprint density at radius 3 is 2.79 bits per heavy atom. The fourth-order valence-corrected chi connectivity index (χ4v) is 3.14. The molecule has 9 heteroatoms. The number of aromatic nitrogens is 1. The zero-order valence-corrected chi connectivity index (χ0v) is 16.0. The van der Waals surface area contributed by atoms with Crippen LogP contribution in [0.2, 0.25) is 0 Å². The Kier molecular flexibility index (Phi) is 5.86. The second-order valence-electron chi connectivity index (χ2n) is 6.79. The maximum absolute atomic E-state index is 12.8. The number of amides is 1. The molecule has 2 aromatic rings. The van der Waals surface area contributed by atoms with E-state index in [0.717, 1.165) is 28.4 Å². The van der Waals surface area contributed by atoms with Gasteiger partial charge in [0.2, 0.25) is 5.91 Å². The number of carbonyl (C=O) groups excluding carboxylic acids is 1. The molecular weight excluding hydrogens is 389 g/mol. The second kappa shape index (κ2) is 8.18. The van der Waals surface area contributed by atoms with Gasteiger partial charge in [-0.3, -0.25) is 9.59 Å². The van der Waals surface area contributed by atoms with Crippen LogP contribution in [0.5, 0.6) is 11.5 Å². The lowest BCUT2D eigenvalue weighted by Crippen LogP contribution is -2.32. The van der Waals surface area contributed by atoms with Crippen LogP contribution in [0.25, 0.3) is 0 Å². The first-order valence-corrected chi connectivity index (χ1v) is 9.17. The van der Waals surface area contributed by atoms with Crippen molar-refractivity contribution in [3.8, 4) is 11.5 Å². The lowest BCUT2D eigenvalue weighted by atomic mass is 10.1. The third kappa shape index (κ3) is 4.90. The minimum absolute atomic E-state index is 0.0529. The molecule has 3 rings (SSSR count). The summed E-state index contributed by atoms with van der Waals surface area (Å²) in [5.41, 5.74) is 0.0208. The van der Waals surface area contributed by atoms with Crippen molar-refractivity contribution in [2.75, 3.05) is 6.61 Å². The predicted octanol–water partition coefficient (Wildman–Crippen LogP) is 2.91. The van der Waals surface area contributed by atoms with Gasteiger partial charge in [0.25, 0.3) is 5.56 Å². The van der Waals surface area contributed by atoms with Crippen molar-refractivity contribution in [2.45, 2.75) is 45.6 Å². The smallest absolute Gasteiger partial charge is 0.417 e. The molecule has 1 atom stereocenters. The van der Waals surface area contributed by atoms with Gasteiger partial charge in [-0.2, -0.15) is 13.2 Å². The molecule has 0 saturated heterocycles. The lowest BCUT2D eigenvalue weighted by Gasteiger charge is -2.14. The standard InChI is InChI=1S/C20H21F3N2O4/c1-3-28-16-7-13-6-12(2)29-17(13)8-14(16)9-24-18(26)11-25-10-15(20(21,22)23)4-5-19(25)27/h4-5,7-8,10,12H,3,6,9,11H2,1-2H3,(H,24,26)/t12-/m0/s1. The number of ether oxygens (including phenoxy) is 2. The number of nitrogens with zero attached hydrogens (tertiary/aromatic N) is 1. The second-order valence-corrected chi connectivity index (χ2v) is 6.79. The summed E-state index contributed by atoms with van der Waals surface area (Å²) in [6.07, 6.45) is -3.14. The quantitative estimate of drug-likeness (QED) is 0.795. The van der Waals surface area contributed by atoms with Gasteiger partial charge in [0, 0.05) is 36.4 Å². The summed E-state index contributed by atoms with van der Waals surface area (Å²) in [5.74, 6) is 0.739. The number of alkyl halides is 3. The molecule has 0 radical (unpaired) electrons. The molecule has 1 aliphatic heterocycles. The lowest BCUT2D eigenvalue weighted by molar-refractivity contribution is -0.138. The number of benzene rings is 1. The van der Waals surface area contributed by atoms with E-state index in [0.29, 0.717) is 30.2 Å². The molecule has 1 aliphatic rings. The van der Waals surface area contributed by atoms with E-state index in [9.17, 15) is 22.8 Å². The van der Waals surface area contributed by atoms with Crippen molar-refractivity contribution in [2.24, 2.45) is 0 Å². The van der Waals surface area contributed by atoms with Gasteiger partial charge in [0.05, 0.1) is 12.2 Å². The third-order valence-electron chi connectivity index (χ3n) is 4.48. The number of halogens is 3. The first-order valence-electron chi connectivity index (χ1n) is 9.17. The summed E-state index contributed by atoms with van der Waals surface area (Å²) in [6, 6.07) is 5.15. The van der Waals surface area contributed by atoms with Crippen LogP contribution in [-0.4, -0.2) is 23.2 Å². The van der Waals surface area contributed by atoms with Crippen molar-refractivity contribution in [3.63, 3.8) is 0 Å². The monoisotopic (exact) mass is 410 g/mol. The average Bonchev–Trinajstić information content (AvgIpc) is 2.99. The largest absolute Gasteiger partial charge is 0.494 e. The van der Waals surface area contributed by atoms with Crippen LogP contribution in [0.3, 0.4) is 0 Å². The Labute approximate surface area is 165 Å². The normalized spacial score (nSPS) is 15.6. The number of carbonyl (C=O) groups is 1. The fraction of sp³-hybridized carbons (Fsp3) is 0.400. The van der Waals surface area contributed by atoms with E-state index < -0.39 is 29.8 Å². The molecule has 0 bridgehead atoms. The number of nitrogens with one attached hydrogen (secondary N) is 1. The fourth-order valence-electron chi connectivity index (χ4n) is 3.14. The maximum Gasteiger partial charge on any atom is 0.417 e. The highest BCUT2D eigenvalue weighted by molar-refractivity contribution is 5.75. The summed E-state index contributed by atoms with van der Waals surface area (Å²) in [7, 11) is 0. The van der Waals surface area contributed by atoms with Gasteiger partial charge in [-0.1, -0.05) is 0 Å². The highest BCUT2D eigenvalue weighted by Crippen LogP contribution is 2.35. The van der Waals surface area contributed by atoms with Crippen LogP contribution in [0.15, 0.2) is 35.3 Å². The van der Waals surface area contributed by atoms with Gasteiger partial charge in [-0.25, -0.2) is 0 Å². The van der Waals surface area contributed by atoms with Crippen molar-refractivity contribution in [1.82, 2.24) is 9.88 Å². The Morgan fingerprint density at radius 1 is 1.34 bits per heavy atom. The molecular formula is C20H21F3N2O4. The summed E-state index contributed by atoms with van der Waals surface area (Å²) < 4.78 is 50.5. The number of hydrogen-bond acceptors (Lipinski definition) is 4. The van der Waals surface area contributed by atoms with Crippen LogP contribution < -0.4 is 20.3 Å². The Bertz CT molecular complexity index is 969. The molecule has 0 aliphatic carbocycles. The van der Waals surface area contributed by atoms with Gasteiger partial charge < -0.3 is 19.4 Å². The summed E-state index contributed by atoms with van der Waals surface area (Å²) in [6.45, 7) is 3.80. The average molecular weight is 410 g/mol. The maximum atomic E-state index is 12.8. The number of pyridine rings is 1. The molecule has 1 amide bonds. The molecule has 156 valence electrons. The third-order valence-corrected chi connectivity index (χ3v) is 4.48. The van der Waals surface area contributed by atoms with Gasteiger partial charge in [-0.15, -0.1) is 0 Å². The van der Waals surface area contributed by atoms with Crippen molar-refractivity contribution in [3.05, 3.63) is 57.5 Å². The summed E-state index contributed by atoms with van der Waals surface area (Å²) in [5, 5.41) is 2.62. The first kappa shape index (κ1) is 20.8. The molecule has 2 heterocycles. The molecule has 1 aromatic carbocycles. The van der Waals surface area contributed by atoms with E-state index in [1.165, 1.54) is 0 Å². The van der Waals surface area contributed by atoms with E-state index in [-0.39, 0.29) is 12.6 Å². The summed E-state index contributed by atoms with van der Waals surface area (Å²) in [4.78, 5) is 24.0. The number of fused-ring (bicyclic) bond motifs is 1. The van der Waals surface area contributed by atoms with Crippen LogP contribution in [0.4, 0.5) is 13.2 Å². The Morgan fingerprint density at radius 2 is 2.10 bits per heavy atom. The zero-order chi connectivity index (χ0) is 21.2. The highest BCUT2D eigenvalue weighted by Gasteiger charge is 2.31. The molecule has 0 fully saturated rings. The molecule has 6 nitrogen and oxygen atoms in total. The van der Waals surface area contributed by atoms with Crippen LogP contribution >= 0.6 is 0 Å². The zero-order valence-electron chi connectivity index (χ0n) is 16.0. The Hall–Kier alpha value is -2.97. The highest BCUT2D eigenvalue weighted by atomic mass is 19.4. The van der Waals surface area contributed by atoms with E-state index >= 15 is 0 Å². The van der Waals surface area contributed by atoms with Crippen LogP contribution in [0, 0.1) is 0 Å². The predicted molar refractivity (Wildman–Crippen MR) is 99.0 cm³/mol. The topological polar surface area (TPSA) is 69.6 Å². The van der Waals surface area contributed by atoms with Gasteiger partial charge in [-0.05, 0) is 32.0 Å². The van der Waals surface area contributed by atoms with Crippen LogP contribution in [-0.2, 0) is 30.5 Å². The molecule has 1 aromatic heterocycles. The van der Waals surface area contributed by atoms with Crippen molar-refractivity contribution < 1.29 is 27.4 Å². The molecule has 29 heavy (non-hydrogen) atoms. The van der Waals surface area contributed by atoms with E-state index in [4.69, 9.17) is 9.47 Å². The number of hydrogen-bond donors (Lipinski definition) is 1.